The highest BCUT2D eigenvalue weighted by Crippen LogP contribution is 2.29. The van der Waals surface area contributed by atoms with Crippen LogP contribution in [0, 0.1) is 0 Å². The molecule has 3 nitrogen and oxygen atoms in total. The molecule has 2 aromatic carbocycles. The molecular weight excluding hydrogens is 339 g/mol. The van der Waals surface area contributed by atoms with Crippen molar-refractivity contribution in [1.29, 1.82) is 0 Å². The predicted molar refractivity (Wildman–Crippen MR) is 93.5 cm³/mol. The number of hydrogen-bond donors (Lipinski definition) is 0. The topological polar surface area (TPSA) is 32.7 Å². The number of carbonyl (C=O) groups is 1. The number of aliphatic imine (C=N–C) groups is 1. The molecule has 22 heavy (non-hydrogen) atoms. The van der Waals surface area contributed by atoms with Gasteiger partial charge in [0.15, 0.2) is 5.17 Å². The van der Waals surface area contributed by atoms with Crippen molar-refractivity contribution in [1.82, 2.24) is 4.90 Å². The van der Waals surface area contributed by atoms with Gasteiger partial charge >= 0.3 is 0 Å². The number of hydrogen-bond acceptors (Lipinski definition) is 3. The average molecular weight is 351 g/mol. The summed E-state index contributed by atoms with van der Waals surface area (Å²) in [5, 5.41) is 1.63. The maximum absolute atomic E-state index is 12.6. The highest BCUT2D eigenvalue weighted by molar-refractivity contribution is 8.14. The Morgan fingerprint density at radius 2 is 1.86 bits per heavy atom. The highest BCUT2D eigenvalue weighted by atomic mass is 35.5. The van der Waals surface area contributed by atoms with Gasteiger partial charge in [-0.25, -0.2) is 4.99 Å². The molecule has 0 unspecified atom stereocenters. The van der Waals surface area contributed by atoms with E-state index in [2.05, 4.69) is 4.99 Å². The minimum absolute atomic E-state index is 0.0376. The Morgan fingerprint density at radius 1 is 1.09 bits per heavy atom. The summed E-state index contributed by atoms with van der Waals surface area (Å²) in [7, 11) is 0. The van der Waals surface area contributed by atoms with Gasteiger partial charge in [0.05, 0.1) is 15.7 Å². The Labute approximate surface area is 142 Å². The third-order valence-electron chi connectivity index (χ3n) is 3.17. The SMILES string of the molecule is O=C(c1ccccc1)N1CCSC1=Nc1ccc(Cl)c(Cl)c1. The second-order valence-electron chi connectivity index (χ2n) is 4.66. The van der Waals surface area contributed by atoms with Crippen LogP contribution in [0.4, 0.5) is 5.69 Å². The smallest absolute Gasteiger partial charge is 0.259 e. The molecule has 1 fully saturated rings. The third-order valence-corrected chi connectivity index (χ3v) is 4.87. The Morgan fingerprint density at radius 3 is 2.59 bits per heavy atom. The standard InChI is InChI=1S/C16H12Cl2N2OS/c17-13-7-6-12(10-14(13)18)19-16-20(8-9-22-16)15(21)11-4-2-1-3-5-11/h1-7,10H,8-9H2. The van der Waals surface area contributed by atoms with Crippen molar-refractivity contribution in [2.75, 3.05) is 12.3 Å². The van der Waals surface area contributed by atoms with Crippen LogP contribution in [0.15, 0.2) is 53.5 Å². The van der Waals surface area contributed by atoms with Gasteiger partial charge < -0.3 is 0 Å². The minimum Gasteiger partial charge on any atom is -0.286 e. The fraction of sp³-hybridized carbons (Fsp3) is 0.125. The molecule has 0 spiro atoms. The first kappa shape index (κ1) is 15.4. The van der Waals surface area contributed by atoms with Crippen LogP contribution in [-0.2, 0) is 0 Å². The van der Waals surface area contributed by atoms with Crippen molar-refractivity contribution in [3.05, 3.63) is 64.1 Å². The molecule has 2 aromatic rings. The van der Waals surface area contributed by atoms with Crippen LogP contribution in [0.1, 0.15) is 10.4 Å². The zero-order valence-electron chi connectivity index (χ0n) is 11.5. The third kappa shape index (κ3) is 3.29. The molecule has 0 saturated carbocycles. The molecule has 1 amide bonds. The molecule has 0 N–H and O–H groups in total. The lowest BCUT2D eigenvalue weighted by atomic mass is 10.2. The Kier molecular flexibility index (Phi) is 4.71. The molecule has 3 rings (SSSR count). The number of amides is 1. The molecule has 1 saturated heterocycles. The molecule has 0 bridgehead atoms. The Hall–Kier alpha value is -1.49. The van der Waals surface area contributed by atoms with Gasteiger partial charge in [-0.3, -0.25) is 9.69 Å². The summed E-state index contributed by atoms with van der Waals surface area (Å²) >= 11 is 13.5. The highest BCUT2D eigenvalue weighted by Gasteiger charge is 2.26. The van der Waals surface area contributed by atoms with Gasteiger partial charge in [0, 0.05) is 17.9 Å². The molecule has 6 heteroatoms. The second-order valence-corrected chi connectivity index (χ2v) is 6.54. The molecule has 0 aromatic heterocycles. The summed E-state index contributed by atoms with van der Waals surface area (Å²) in [5.41, 5.74) is 1.34. The van der Waals surface area contributed by atoms with Crippen molar-refractivity contribution in [3.8, 4) is 0 Å². The van der Waals surface area contributed by atoms with Crippen molar-refractivity contribution in [3.63, 3.8) is 0 Å². The minimum atomic E-state index is -0.0376. The van der Waals surface area contributed by atoms with E-state index >= 15 is 0 Å². The van der Waals surface area contributed by atoms with Crippen molar-refractivity contribution >= 4 is 51.7 Å². The number of carbonyl (C=O) groups excluding carboxylic acids is 1. The van der Waals surface area contributed by atoms with Crippen molar-refractivity contribution in [2.24, 2.45) is 4.99 Å². The van der Waals surface area contributed by atoms with Crippen molar-refractivity contribution < 1.29 is 4.79 Å². The summed E-state index contributed by atoms with van der Waals surface area (Å²) in [6.07, 6.45) is 0. The van der Waals surface area contributed by atoms with E-state index in [-0.39, 0.29) is 5.91 Å². The maximum Gasteiger partial charge on any atom is 0.259 e. The van der Waals surface area contributed by atoms with E-state index in [1.165, 1.54) is 0 Å². The molecule has 1 heterocycles. The lowest BCUT2D eigenvalue weighted by molar-refractivity contribution is 0.0859. The van der Waals surface area contributed by atoms with E-state index in [1.54, 1.807) is 34.9 Å². The predicted octanol–water partition coefficient (Wildman–Crippen LogP) is 4.87. The summed E-state index contributed by atoms with van der Waals surface area (Å²) in [6.45, 7) is 0.651. The normalized spacial score (nSPS) is 16.3. The molecule has 0 aliphatic carbocycles. The van der Waals surface area contributed by atoms with Gasteiger partial charge in [-0.2, -0.15) is 0 Å². The van der Waals surface area contributed by atoms with Crippen LogP contribution in [0.5, 0.6) is 0 Å². The quantitative estimate of drug-likeness (QED) is 0.773. The molecule has 0 atom stereocenters. The van der Waals surface area contributed by atoms with Crippen LogP contribution in [0.2, 0.25) is 10.0 Å². The summed E-state index contributed by atoms with van der Waals surface area (Å²) in [5.74, 6) is 0.794. The molecule has 1 aliphatic heterocycles. The first-order valence-electron chi connectivity index (χ1n) is 6.68. The lowest BCUT2D eigenvalue weighted by Crippen LogP contribution is -2.31. The van der Waals surface area contributed by atoms with Gasteiger partial charge in [-0.15, -0.1) is 0 Å². The lowest BCUT2D eigenvalue weighted by Gasteiger charge is -2.15. The summed E-state index contributed by atoms with van der Waals surface area (Å²) in [6, 6.07) is 14.4. The van der Waals surface area contributed by atoms with E-state index in [4.69, 9.17) is 23.2 Å². The first-order valence-corrected chi connectivity index (χ1v) is 8.43. The number of amidine groups is 1. The molecular formula is C16H12Cl2N2OS. The second kappa shape index (κ2) is 6.73. The number of thioether (sulfide) groups is 1. The van der Waals surface area contributed by atoms with Crippen LogP contribution in [-0.4, -0.2) is 28.3 Å². The van der Waals surface area contributed by atoms with E-state index < -0.39 is 0 Å². The number of halogens is 2. The van der Waals surface area contributed by atoms with E-state index in [0.717, 1.165) is 5.75 Å². The van der Waals surface area contributed by atoms with Gasteiger partial charge in [0.1, 0.15) is 0 Å². The van der Waals surface area contributed by atoms with Gasteiger partial charge in [0.25, 0.3) is 5.91 Å². The van der Waals surface area contributed by atoms with E-state index in [0.29, 0.717) is 33.0 Å². The van der Waals surface area contributed by atoms with Gasteiger partial charge in [0.2, 0.25) is 0 Å². The summed E-state index contributed by atoms with van der Waals surface area (Å²) < 4.78 is 0. The largest absolute Gasteiger partial charge is 0.286 e. The fourth-order valence-electron chi connectivity index (χ4n) is 2.08. The first-order chi connectivity index (χ1) is 10.6. The number of nitrogens with zero attached hydrogens (tertiary/aromatic N) is 2. The van der Waals surface area contributed by atoms with Crippen molar-refractivity contribution in [2.45, 2.75) is 0 Å². The van der Waals surface area contributed by atoms with Crippen LogP contribution < -0.4 is 0 Å². The van der Waals surface area contributed by atoms with Crippen LogP contribution >= 0.6 is 35.0 Å². The van der Waals surface area contributed by atoms with E-state index in [9.17, 15) is 4.79 Å². The maximum atomic E-state index is 12.6. The van der Waals surface area contributed by atoms with Crippen LogP contribution in [0.3, 0.4) is 0 Å². The zero-order chi connectivity index (χ0) is 15.5. The monoisotopic (exact) mass is 350 g/mol. The van der Waals surface area contributed by atoms with Crippen LogP contribution in [0.25, 0.3) is 0 Å². The number of rotatable bonds is 2. The van der Waals surface area contributed by atoms with E-state index in [1.807, 2.05) is 30.3 Å². The number of benzene rings is 2. The molecule has 0 radical (unpaired) electrons. The Balaban J connectivity index is 1.88. The molecule has 112 valence electrons. The fourth-order valence-corrected chi connectivity index (χ4v) is 3.33. The van der Waals surface area contributed by atoms with Gasteiger partial charge in [-0.1, -0.05) is 53.2 Å². The molecule has 1 aliphatic rings. The van der Waals surface area contributed by atoms with Gasteiger partial charge in [-0.05, 0) is 30.3 Å². The Bertz CT molecular complexity index is 734. The average Bonchev–Trinajstić information content (AvgIpc) is 2.99. The summed E-state index contributed by atoms with van der Waals surface area (Å²) in [4.78, 5) is 18.8. The zero-order valence-corrected chi connectivity index (χ0v) is 13.8.